The van der Waals surface area contributed by atoms with Crippen molar-refractivity contribution in [3.63, 3.8) is 0 Å². The highest BCUT2D eigenvalue weighted by Gasteiger charge is 2.26. The summed E-state index contributed by atoms with van der Waals surface area (Å²) in [6.45, 7) is 0.585. The molecule has 1 aliphatic heterocycles. The number of fused-ring (bicyclic) bond motifs is 1. The molecular weight excluding hydrogens is 257 g/mol. The molecule has 7 heteroatoms. The molecule has 1 unspecified atom stereocenters. The van der Waals surface area contributed by atoms with E-state index in [4.69, 9.17) is 14.9 Å². The van der Waals surface area contributed by atoms with E-state index in [1.54, 1.807) is 18.2 Å². The Morgan fingerprint density at radius 3 is 2.78 bits per heavy atom. The summed E-state index contributed by atoms with van der Waals surface area (Å²) in [5.41, 5.74) is 1.97. The zero-order chi connectivity index (χ0) is 13.3. The minimum Gasteiger partial charge on any atom is -0.480 e. The van der Waals surface area contributed by atoms with Gasteiger partial charge in [-0.2, -0.15) is 0 Å². The number of hydrogen-bond donors (Lipinski definition) is 4. The van der Waals surface area contributed by atoms with Crippen molar-refractivity contribution >= 4 is 13.6 Å². The molecule has 98 valence electrons. The molecule has 1 aromatic carbocycles. The minimum atomic E-state index is -4.13. The van der Waals surface area contributed by atoms with Gasteiger partial charge >= 0.3 is 13.6 Å². The zero-order valence-electron chi connectivity index (χ0n) is 9.54. The number of benzene rings is 1. The van der Waals surface area contributed by atoms with Crippen LogP contribution in [0.15, 0.2) is 18.2 Å². The van der Waals surface area contributed by atoms with Gasteiger partial charge in [-0.25, -0.2) is 0 Å². The fourth-order valence-electron chi connectivity index (χ4n) is 2.16. The molecule has 6 nitrogen and oxygen atoms in total. The lowest BCUT2D eigenvalue weighted by Crippen LogP contribution is -2.35. The van der Waals surface area contributed by atoms with E-state index in [1.165, 1.54) is 0 Å². The van der Waals surface area contributed by atoms with Crippen molar-refractivity contribution in [3.05, 3.63) is 34.9 Å². The third kappa shape index (κ3) is 2.97. The van der Waals surface area contributed by atoms with E-state index < -0.39 is 19.6 Å². The fourth-order valence-corrected chi connectivity index (χ4v) is 2.83. The fraction of sp³-hybridized carbons (Fsp3) is 0.364. The molecule has 18 heavy (non-hydrogen) atoms. The number of nitrogens with one attached hydrogen (secondary N) is 1. The highest BCUT2D eigenvalue weighted by molar-refractivity contribution is 7.50. The quantitative estimate of drug-likeness (QED) is 0.601. The molecule has 0 spiro atoms. The predicted molar refractivity (Wildman–Crippen MR) is 64.3 cm³/mol. The summed E-state index contributed by atoms with van der Waals surface area (Å²) in [7, 11) is -4.13. The zero-order valence-corrected chi connectivity index (χ0v) is 10.4. The lowest BCUT2D eigenvalue weighted by molar-refractivity contribution is -0.139. The van der Waals surface area contributed by atoms with Crippen LogP contribution in [0.2, 0.25) is 0 Å². The van der Waals surface area contributed by atoms with Crippen LogP contribution >= 0.6 is 7.60 Å². The van der Waals surface area contributed by atoms with Crippen molar-refractivity contribution < 1.29 is 24.3 Å². The molecule has 0 amide bonds. The Labute approximate surface area is 104 Å². The standard InChI is InChI=1S/C11H14NO5P/c13-11(14)10-9-5-7(6-18(15,16)17)1-2-8(9)3-4-12-10/h1-2,5,10,12H,3-4,6H2,(H,13,14)(H2,15,16,17). The van der Waals surface area contributed by atoms with E-state index >= 15 is 0 Å². The van der Waals surface area contributed by atoms with Gasteiger partial charge in [-0.3, -0.25) is 9.36 Å². The number of hydrogen-bond acceptors (Lipinski definition) is 3. The van der Waals surface area contributed by atoms with Crippen molar-refractivity contribution in [3.8, 4) is 0 Å². The highest BCUT2D eigenvalue weighted by atomic mass is 31.2. The maximum absolute atomic E-state index is 11.1. The lowest BCUT2D eigenvalue weighted by Gasteiger charge is -2.24. The topological polar surface area (TPSA) is 107 Å². The first kappa shape index (κ1) is 13.2. The normalized spacial score (nSPS) is 19.3. The van der Waals surface area contributed by atoms with Crippen LogP contribution in [-0.4, -0.2) is 27.4 Å². The van der Waals surface area contributed by atoms with Gasteiger partial charge in [-0.15, -0.1) is 0 Å². The largest absolute Gasteiger partial charge is 0.480 e. The maximum Gasteiger partial charge on any atom is 0.329 e. The molecule has 0 saturated carbocycles. The number of aliphatic carboxylic acids is 1. The molecule has 4 N–H and O–H groups in total. The van der Waals surface area contributed by atoms with Gasteiger partial charge in [0.25, 0.3) is 0 Å². The Kier molecular flexibility index (Phi) is 3.54. The number of carboxylic acid groups (broad SMARTS) is 1. The number of rotatable bonds is 3. The summed E-state index contributed by atoms with van der Waals surface area (Å²) in [5.74, 6) is -0.982. The minimum absolute atomic E-state index is 0.368. The summed E-state index contributed by atoms with van der Waals surface area (Å²) in [4.78, 5) is 29.0. The third-order valence-electron chi connectivity index (χ3n) is 2.90. The van der Waals surface area contributed by atoms with Crippen LogP contribution in [0.1, 0.15) is 22.7 Å². The van der Waals surface area contributed by atoms with Crippen molar-refractivity contribution in [2.75, 3.05) is 6.54 Å². The van der Waals surface area contributed by atoms with E-state index in [1.807, 2.05) is 0 Å². The van der Waals surface area contributed by atoms with E-state index in [9.17, 15) is 9.36 Å². The molecule has 0 fully saturated rings. The van der Waals surface area contributed by atoms with Crippen molar-refractivity contribution in [1.29, 1.82) is 0 Å². The molecule has 0 aliphatic carbocycles. The van der Waals surface area contributed by atoms with Gasteiger partial charge in [-0.1, -0.05) is 18.2 Å². The third-order valence-corrected chi connectivity index (χ3v) is 3.68. The van der Waals surface area contributed by atoms with E-state index in [-0.39, 0.29) is 6.16 Å². The second kappa shape index (κ2) is 4.82. The van der Waals surface area contributed by atoms with Crippen LogP contribution in [0.25, 0.3) is 0 Å². The predicted octanol–water partition coefficient (Wildman–Crippen LogP) is 0.636. The molecule has 0 radical (unpaired) electrons. The Morgan fingerprint density at radius 2 is 2.17 bits per heavy atom. The van der Waals surface area contributed by atoms with Crippen LogP contribution in [0.3, 0.4) is 0 Å². The Morgan fingerprint density at radius 1 is 1.44 bits per heavy atom. The van der Waals surface area contributed by atoms with Gasteiger partial charge in [0.1, 0.15) is 6.04 Å². The Balaban J connectivity index is 2.37. The van der Waals surface area contributed by atoms with Crippen LogP contribution in [0.5, 0.6) is 0 Å². The van der Waals surface area contributed by atoms with Gasteiger partial charge in [0, 0.05) is 6.54 Å². The first-order chi connectivity index (χ1) is 8.37. The van der Waals surface area contributed by atoms with Gasteiger partial charge in [0.2, 0.25) is 0 Å². The Hall–Kier alpha value is -1.20. The van der Waals surface area contributed by atoms with Crippen LogP contribution < -0.4 is 5.32 Å². The average Bonchev–Trinajstić information content (AvgIpc) is 2.25. The summed E-state index contributed by atoms with van der Waals surface area (Å²) < 4.78 is 10.9. The van der Waals surface area contributed by atoms with Gasteiger partial charge in [0.05, 0.1) is 6.16 Å². The van der Waals surface area contributed by atoms with Crippen LogP contribution in [-0.2, 0) is 21.9 Å². The molecule has 0 bridgehead atoms. The van der Waals surface area contributed by atoms with Crippen LogP contribution in [0.4, 0.5) is 0 Å². The van der Waals surface area contributed by atoms with E-state index in [0.717, 1.165) is 12.0 Å². The molecule has 1 heterocycles. The summed E-state index contributed by atoms with van der Waals surface area (Å²) in [6.07, 6.45) is 0.349. The molecule has 1 atom stereocenters. The second-order valence-electron chi connectivity index (χ2n) is 4.33. The van der Waals surface area contributed by atoms with Gasteiger partial charge < -0.3 is 20.2 Å². The van der Waals surface area contributed by atoms with Gasteiger partial charge in [-0.05, 0) is 23.1 Å². The molecular formula is C11H14NO5P. The number of carbonyl (C=O) groups is 1. The lowest BCUT2D eigenvalue weighted by atomic mass is 9.93. The van der Waals surface area contributed by atoms with Crippen molar-refractivity contribution in [2.24, 2.45) is 0 Å². The molecule has 0 saturated heterocycles. The van der Waals surface area contributed by atoms with Gasteiger partial charge in [0.15, 0.2) is 0 Å². The highest BCUT2D eigenvalue weighted by Crippen LogP contribution is 2.39. The molecule has 0 aromatic heterocycles. The summed E-state index contributed by atoms with van der Waals surface area (Å²) >= 11 is 0. The first-order valence-corrected chi connectivity index (χ1v) is 7.29. The number of carboxylic acids is 1. The summed E-state index contributed by atoms with van der Waals surface area (Å²) in [6, 6.07) is 4.16. The van der Waals surface area contributed by atoms with Crippen LogP contribution in [0, 0.1) is 0 Å². The smallest absolute Gasteiger partial charge is 0.329 e. The Bertz CT molecular complexity index is 524. The van der Waals surface area contributed by atoms with Crippen molar-refractivity contribution in [2.45, 2.75) is 18.6 Å². The van der Waals surface area contributed by atoms with E-state index in [0.29, 0.717) is 17.7 Å². The molecule has 2 rings (SSSR count). The maximum atomic E-state index is 11.1. The molecule has 1 aliphatic rings. The second-order valence-corrected chi connectivity index (χ2v) is 5.98. The average molecular weight is 271 g/mol. The van der Waals surface area contributed by atoms with E-state index in [2.05, 4.69) is 5.32 Å². The molecule has 1 aromatic rings. The summed E-state index contributed by atoms with van der Waals surface area (Å²) in [5, 5.41) is 12.0. The SMILES string of the molecule is O=C(O)C1NCCc2ccc(CP(=O)(O)O)cc21. The van der Waals surface area contributed by atoms with Crippen molar-refractivity contribution in [1.82, 2.24) is 5.32 Å². The first-order valence-electron chi connectivity index (χ1n) is 5.49. The monoisotopic (exact) mass is 271 g/mol.